The summed E-state index contributed by atoms with van der Waals surface area (Å²) in [5.74, 6) is 0. The molecule has 8 heteroatoms. The Morgan fingerprint density at radius 3 is 2.54 bits per heavy atom. The molecule has 0 aliphatic heterocycles. The molecule has 0 unspecified atom stereocenters. The maximum absolute atomic E-state index is 6.12. The number of hydrogen-bond acceptors (Lipinski definition) is 3. The van der Waals surface area contributed by atoms with Crippen molar-refractivity contribution in [3.8, 4) is 0 Å². The molecule has 2 aromatic rings. The highest BCUT2D eigenvalue weighted by Gasteiger charge is 2.13. The van der Waals surface area contributed by atoms with Gasteiger partial charge in [0.2, 0.25) is 0 Å². The molecule has 28 heavy (non-hydrogen) atoms. The number of thiocarbonyl (C=S) groups is 1. The Hall–Kier alpha value is -1.34. The zero-order valence-corrected chi connectivity index (χ0v) is 19.3. The smallest absolute Gasteiger partial charge is 0.170 e. The maximum Gasteiger partial charge on any atom is 0.170 e. The van der Waals surface area contributed by atoms with E-state index in [9.17, 15) is 0 Å². The van der Waals surface area contributed by atoms with Crippen molar-refractivity contribution in [2.45, 2.75) is 40.7 Å². The molecule has 2 rings (SSSR count). The van der Waals surface area contributed by atoms with Gasteiger partial charge in [0.05, 0.1) is 33.7 Å². The number of nitrogens with zero attached hydrogens (tertiary/aromatic N) is 3. The second-order valence-corrected chi connectivity index (χ2v) is 7.94. The van der Waals surface area contributed by atoms with Crippen LogP contribution in [0.5, 0.6) is 0 Å². The lowest BCUT2D eigenvalue weighted by Gasteiger charge is -2.18. The van der Waals surface area contributed by atoms with E-state index in [1.807, 2.05) is 30.7 Å². The van der Waals surface area contributed by atoms with Gasteiger partial charge in [-0.05, 0) is 69.8 Å². The number of halogens is 2. The summed E-state index contributed by atoms with van der Waals surface area (Å²) in [4.78, 5) is 2.40. The Morgan fingerprint density at radius 2 is 1.89 bits per heavy atom. The topological polar surface area (TPSA) is 45.1 Å². The lowest BCUT2D eigenvalue weighted by molar-refractivity contribution is 0.300. The fourth-order valence-corrected chi connectivity index (χ4v) is 3.57. The van der Waals surface area contributed by atoms with Gasteiger partial charge in [0.15, 0.2) is 5.11 Å². The van der Waals surface area contributed by atoms with Crippen molar-refractivity contribution in [3.63, 3.8) is 0 Å². The minimum Gasteiger partial charge on any atom is -0.362 e. The fourth-order valence-electron chi connectivity index (χ4n) is 3.04. The van der Waals surface area contributed by atoms with Crippen LogP contribution >= 0.6 is 35.4 Å². The summed E-state index contributed by atoms with van der Waals surface area (Å²) in [6.45, 7) is 13.1. The van der Waals surface area contributed by atoms with Gasteiger partial charge in [0, 0.05) is 6.54 Å². The number of anilines is 1. The van der Waals surface area contributed by atoms with E-state index in [0.29, 0.717) is 21.7 Å². The first-order chi connectivity index (χ1) is 13.3. The molecule has 0 spiro atoms. The molecule has 0 aliphatic carbocycles. The van der Waals surface area contributed by atoms with Gasteiger partial charge in [-0.15, -0.1) is 0 Å². The molecule has 1 aromatic carbocycles. The van der Waals surface area contributed by atoms with Crippen LogP contribution in [0.1, 0.15) is 37.2 Å². The van der Waals surface area contributed by atoms with E-state index < -0.39 is 0 Å². The van der Waals surface area contributed by atoms with Crippen molar-refractivity contribution in [3.05, 3.63) is 45.2 Å². The highest BCUT2D eigenvalue weighted by atomic mass is 35.5. The predicted molar refractivity (Wildman–Crippen MR) is 124 cm³/mol. The summed E-state index contributed by atoms with van der Waals surface area (Å²) in [6, 6.07) is 5.64. The Morgan fingerprint density at radius 1 is 1.18 bits per heavy atom. The molecule has 1 aromatic heterocycles. The first-order valence-corrected chi connectivity index (χ1v) is 10.8. The summed E-state index contributed by atoms with van der Waals surface area (Å²) < 4.78 is 1.94. The van der Waals surface area contributed by atoms with Crippen molar-refractivity contribution < 1.29 is 0 Å². The van der Waals surface area contributed by atoms with Crippen LogP contribution in [0.25, 0.3) is 0 Å². The Bertz CT molecular complexity index is 802. The lowest BCUT2D eigenvalue weighted by Crippen LogP contribution is -2.32. The van der Waals surface area contributed by atoms with Gasteiger partial charge in [0.25, 0.3) is 0 Å². The van der Waals surface area contributed by atoms with Crippen LogP contribution < -0.4 is 10.6 Å². The van der Waals surface area contributed by atoms with Crippen LogP contribution in [0.4, 0.5) is 5.69 Å². The fraction of sp³-hybridized carbons (Fsp3) is 0.500. The van der Waals surface area contributed by atoms with Gasteiger partial charge in [-0.1, -0.05) is 43.1 Å². The zero-order valence-electron chi connectivity index (χ0n) is 17.0. The van der Waals surface area contributed by atoms with E-state index >= 15 is 0 Å². The number of aryl methyl sites for hydroxylation is 1. The zero-order chi connectivity index (χ0) is 20.7. The molecule has 0 saturated carbocycles. The third-order valence-corrected chi connectivity index (χ3v) is 5.75. The van der Waals surface area contributed by atoms with Gasteiger partial charge in [0.1, 0.15) is 0 Å². The average Bonchev–Trinajstić information content (AvgIpc) is 2.92. The highest BCUT2D eigenvalue weighted by molar-refractivity contribution is 7.80. The van der Waals surface area contributed by atoms with Gasteiger partial charge in [-0.25, -0.2) is 0 Å². The number of rotatable bonds is 9. The molecular formula is C20H29Cl2N5S. The Labute approximate surface area is 183 Å². The summed E-state index contributed by atoms with van der Waals surface area (Å²) in [5.41, 5.74) is 3.92. The molecule has 0 radical (unpaired) electrons. The van der Waals surface area contributed by atoms with Crippen molar-refractivity contribution >= 4 is 46.2 Å². The van der Waals surface area contributed by atoms with Crippen LogP contribution in [0.15, 0.2) is 18.2 Å². The van der Waals surface area contributed by atoms with Crippen LogP contribution in [-0.2, 0) is 6.54 Å². The van der Waals surface area contributed by atoms with Crippen molar-refractivity contribution in [1.82, 2.24) is 20.0 Å². The van der Waals surface area contributed by atoms with Crippen LogP contribution in [0, 0.1) is 13.8 Å². The van der Waals surface area contributed by atoms with Gasteiger partial charge >= 0.3 is 0 Å². The average molecular weight is 442 g/mol. The van der Waals surface area contributed by atoms with Crippen LogP contribution in [0.3, 0.4) is 0 Å². The number of nitrogens with one attached hydrogen (secondary N) is 2. The van der Waals surface area contributed by atoms with Gasteiger partial charge in [-0.3, -0.25) is 4.68 Å². The summed E-state index contributed by atoms with van der Waals surface area (Å²) in [5, 5.41) is 12.9. The second kappa shape index (κ2) is 11.0. The first-order valence-electron chi connectivity index (χ1n) is 9.60. The van der Waals surface area contributed by atoms with E-state index in [0.717, 1.165) is 55.2 Å². The molecule has 0 saturated heterocycles. The van der Waals surface area contributed by atoms with E-state index in [4.69, 9.17) is 35.4 Å². The molecular weight excluding hydrogens is 413 g/mol. The van der Waals surface area contributed by atoms with Crippen molar-refractivity contribution in [1.29, 1.82) is 0 Å². The van der Waals surface area contributed by atoms with E-state index in [1.165, 1.54) is 0 Å². The minimum atomic E-state index is 0.550. The molecule has 0 fully saturated rings. The first kappa shape index (κ1) is 22.9. The standard InChI is InChI=1S/C20H29Cl2N5S/c1-5-26(6-2)11-7-10-23-20(28)24-19-14(3)25-27(15(19)4)13-16-8-9-17(21)18(22)12-16/h8-9,12H,5-7,10-11,13H2,1-4H3,(H2,23,24,28). The predicted octanol–water partition coefficient (Wildman–Crippen LogP) is 4.87. The molecule has 2 N–H and O–H groups in total. The van der Waals surface area contributed by atoms with E-state index in [-0.39, 0.29) is 0 Å². The summed E-state index contributed by atoms with van der Waals surface area (Å²) in [7, 11) is 0. The number of aromatic nitrogens is 2. The van der Waals surface area contributed by atoms with Crippen LogP contribution in [0.2, 0.25) is 10.0 Å². The lowest BCUT2D eigenvalue weighted by atomic mass is 10.2. The second-order valence-electron chi connectivity index (χ2n) is 6.71. The number of benzene rings is 1. The SMILES string of the molecule is CCN(CC)CCCNC(=S)Nc1c(C)nn(Cc2ccc(Cl)c(Cl)c2)c1C. The molecule has 0 amide bonds. The summed E-state index contributed by atoms with van der Waals surface area (Å²) in [6.07, 6.45) is 1.05. The third kappa shape index (κ3) is 6.34. The molecule has 154 valence electrons. The quantitative estimate of drug-likeness (QED) is 0.429. The van der Waals surface area contributed by atoms with E-state index in [2.05, 4.69) is 34.5 Å². The largest absolute Gasteiger partial charge is 0.362 e. The highest BCUT2D eigenvalue weighted by Crippen LogP contribution is 2.25. The van der Waals surface area contributed by atoms with Crippen molar-refractivity contribution in [2.75, 3.05) is 31.5 Å². The maximum atomic E-state index is 6.12. The van der Waals surface area contributed by atoms with Gasteiger partial charge in [-0.2, -0.15) is 5.10 Å². The summed E-state index contributed by atoms with van der Waals surface area (Å²) >= 11 is 17.6. The monoisotopic (exact) mass is 441 g/mol. The number of hydrogen-bond donors (Lipinski definition) is 2. The van der Waals surface area contributed by atoms with Crippen LogP contribution in [-0.4, -0.2) is 46.0 Å². The molecule has 0 aliphatic rings. The van der Waals surface area contributed by atoms with E-state index in [1.54, 1.807) is 6.07 Å². The Kier molecular flexibility index (Phi) is 9.02. The normalized spacial score (nSPS) is 11.1. The molecule has 1 heterocycles. The van der Waals surface area contributed by atoms with Crippen molar-refractivity contribution in [2.24, 2.45) is 0 Å². The van der Waals surface area contributed by atoms with Gasteiger partial charge < -0.3 is 15.5 Å². The third-order valence-electron chi connectivity index (χ3n) is 4.77. The molecule has 0 atom stereocenters. The minimum absolute atomic E-state index is 0.550. The molecule has 5 nitrogen and oxygen atoms in total. The Balaban J connectivity index is 1.93. The molecule has 0 bridgehead atoms.